The van der Waals surface area contributed by atoms with E-state index in [0.717, 1.165) is 24.4 Å². The Bertz CT molecular complexity index is 521. The van der Waals surface area contributed by atoms with Crippen LogP contribution < -0.4 is 5.32 Å². The third kappa shape index (κ3) is 2.38. The van der Waals surface area contributed by atoms with Crippen molar-refractivity contribution in [2.45, 2.75) is 31.3 Å². The van der Waals surface area contributed by atoms with E-state index in [1.165, 1.54) is 19.3 Å². The molecule has 3 rings (SSSR count). The highest BCUT2D eigenvalue weighted by molar-refractivity contribution is 5.39. The first-order valence-electron chi connectivity index (χ1n) is 7.00. The predicted octanol–water partition coefficient (Wildman–Crippen LogP) is 1.91. The molecule has 0 bridgehead atoms. The van der Waals surface area contributed by atoms with Crippen LogP contribution in [0.15, 0.2) is 30.6 Å². The van der Waals surface area contributed by atoms with Crippen LogP contribution in [0.3, 0.4) is 0 Å². The van der Waals surface area contributed by atoms with Crippen molar-refractivity contribution in [1.29, 1.82) is 0 Å². The number of fused-ring (bicyclic) bond motifs is 1. The van der Waals surface area contributed by atoms with E-state index in [-0.39, 0.29) is 0 Å². The van der Waals surface area contributed by atoms with Gasteiger partial charge in [0, 0.05) is 31.0 Å². The number of nitrogens with zero attached hydrogens (tertiary/aromatic N) is 3. The van der Waals surface area contributed by atoms with Crippen molar-refractivity contribution >= 4 is 5.65 Å². The normalized spacial score (nSPS) is 17.8. The van der Waals surface area contributed by atoms with E-state index in [0.29, 0.717) is 5.54 Å². The Morgan fingerprint density at radius 2 is 2.21 bits per heavy atom. The summed E-state index contributed by atoms with van der Waals surface area (Å²) in [6, 6.07) is 6.09. The molecule has 1 aliphatic rings. The second kappa shape index (κ2) is 4.94. The van der Waals surface area contributed by atoms with Crippen molar-refractivity contribution in [2.24, 2.45) is 0 Å². The maximum absolute atomic E-state index is 4.61. The van der Waals surface area contributed by atoms with Crippen LogP contribution in [0.25, 0.3) is 5.65 Å². The van der Waals surface area contributed by atoms with Crippen LogP contribution >= 0.6 is 0 Å². The number of hydrogen-bond acceptors (Lipinski definition) is 3. The molecule has 0 amide bonds. The summed E-state index contributed by atoms with van der Waals surface area (Å²) in [7, 11) is 4.37. The Hall–Kier alpha value is -1.39. The molecule has 0 atom stereocenters. The van der Waals surface area contributed by atoms with Gasteiger partial charge in [-0.05, 0) is 45.5 Å². The molecule has 4 heteroatoms. The second-order valence-electron chi connectivity index (χ2n) is 5.77. The van der Waals surface area contributed by atoms with Gasteiger partial charge < -0.3 is 14.6 Å². The van der Waals surface area contributed by atoms with Gasteiger partial charge in [-0.2, -0.15) is 0 Å². The number of pyridine rings is 1. The zero-order valence-electron chi connectivity index (χ0n) is 11.8. The Morgan fingerprint density at radius 3 is 2.84 bits per heavy atom. The summed E-state index contributed by atoms with van der Waals surface area (Å²) in [6.07, 6.45) is 8.11. The number of likely N-dealkylation sites (N-methyl/N-ethyl adjacent to an activating group) is 1. The second-order valence-corrected chi connectivity index (χ2v) is 5.77. The van der Waals surface area contributed by atoms with E-state index in [9.17, 15) is 0 Å². The average Bonchev–Trinajstić information content (AvgIpc) is 2.74. The number of nitrogens with one attached hydrogen (secondary N) is 1. The molecule has 102 valence electrons. The van der Waals surface area contributed by atoms with E-state index in [1.54, 1.807) is 0 Å². The van der Waals surface area contributed by atoms with Crippen molar-refractivity contribution in [1.82, 2.24) is 19.6 Å². The summed E-state index contributed by atoms with van der Waals surface area (Å²) in [4.78, 5) is 6.98. The zero-order chi connectivity index (χ0) is 13.3. The van der Waals surface area contributed by atoms with E-state index in [1.807, 2.05) is 24.4 Å². The van der Waals surface area contributed by atoms with E-state index < -0.39 is 0 Å². The van der Waals surface area contributed by atoms with Gasteiger partial charge in [0.15, 0.2) is 0 Å². The molecule has 0 saturated heterocycles. The van der Waals surface area contributed by atoms with Crippen LogP contribution in [0.1, 0.15) is 25.0 Å². The monoisotopic (exact) mass is 258 g/mol. The third-order valence-corrected chi connectivity index (χ3v) is 4.41. The summed E-state index contributed by atoms with van der Waals surface area (Å²) in [6.45, 7) is 1.89. The molecule has 0 spiro atoms. The molecule has 1 fully saturated rings. The maximum atomic E-state index is 4.61. The summed E-state index contributed by atoms with van der Waals surface area (Å²) < 4.78 is 2.07. The molecule has 1 N–H and O–H groups in total. The van der Waals surface area contributed by atoms with Gasteiger partial charge >= 0.3 is 0 Å². The lowest BCUT2D eigenvalue weighted by atomic mass is 9.75. The molecule has 1 saturated carbocycles. The highest BCUT2D eigenvalue weighted by Crippen LogP contribution is 2.35. The molecule has 0 aromatic carbocycles. The van der Waals surface area contributed by atoms with Gasteiger partial charge in [-0.3, -0.25) is 0 Å². The number of hydrogen-bond donors (Lipinski definition) is 1. The molecule has 0 aliphatic heterocycles. The van der Waals surface area contributed by atoms with Gasteiger partial charge in [0.2, 0.25) is 0 Å². The molecule has 0 radical (unpaired) electrons. The van der Waals surface area contributed by atoms with Gasteiger partial charge in [0.25, 0.3) is 0 Å². The van der Waals surface area contributed by atoms with Gasteiger partial charge in [-0.1, -0.05) is 6.07 Å². The molecule has 0 unspecified atom stereocenters. The van der Waals surface area contributed by atoms with E-state index in [4.69, 9.17) is 0 Å². The van der Waals surface area contributed by atoms with E-state index >= 15 is 0 Å². The maximum Gasteiger partial charge on any atom is 0.137 e. The lowest BCUT2D eigenvalue weighted by molar-refractivity contribution is 0.0597. The minimum atomic E-state index is 0.374. The van der Waals surface area contributed by atoms with Crippen LogP contribution in [-0.4, -0.2) is 40.5 Å². The Kier molecular flexibility index (Phi) is 3.29. The summed E-state index contributed by atoms with van der Waals surface area (Å²) in [5.74, 6) is 0. The molecule has 2 aromatic rings. The van der Waals surface area contributed by atoms with Gasteiger partial charge in [-0.25, -0.2) is 4.98 Å². The lowest BCUT2D eigenvalue weighted by Gasteiger charge is -2.47. The number of rotatable bonds is 5. The molecular formula is C15H22N4. The van der Waals surface area contributed by atoms with Gasteiger partial charge in [0.1, 0.15) is 5.65 Å². The summed E-state index contributed by atoms with van der Waals surface area (Å²) in [5, 5.41) is 3.57. The fourth-order valence-corrected chi connectivity index (χ4v) is 2.86. The zero-order valence-corrected chi connectivity index (χ0v) is 11.8. The molecular weight excluding hydrogens is 236 g/mol. The molecule has 19 heavy (non-hydrogen) atoms. The first kappa shape index (κ1) is 12.6. The van der Waals surface area contributed by atoms with Crippen LogP contribution in [0.5, 0.6) is 0 Å². The minimum absolute atomic E-state index is 0.374. The molecule has 4 nitrogen and oxygen atoms in total. The number of imidazole rings is 1. The van der Waals surface area contributed by atoms with Crippen molar-refractivity contribution in [3.8, 4) is 0 Å². The number of aromatic nitrogens is 2. The largest absolute Gasteiger partial charge is 0.309 e. The van der Waals surface area contributed by atoms with Crippen LogP contribution in [0, 0.1) is 0 Å². The smallest absolute Gasteiger partial charge is 0.137 e. The topological polar surface area (TPSA) is 32.6 Å². The van der Waals surface area contributed by atoms with Gasteiger partial charge in [-0.15, -0.1) is 0 Å². The first-order valence-corrected chi connectivity index (χ1v) is 7.00. The SMILES string of the molecule is CN(C)C1(CNCc2cn3ccccc3n2)CCC1. The fraction of sp³-hybridized carbons (Fsp3) is 0.533. The molecule has 2 heterocycles. The van der Waals surface area contributed by atoms with E-state index in [2.05, 4.69) is 39.9 Å². The highest BCUT2D eigenvalue weighted by atomic mass is 15.2. The standard InChI is InChI=1S/C15H22N4/c1-18(2)15(7-5-8-15)12-16-10-13-11-19-9-4-3-6-14(19)17-13/h3-4,6,9,11,16H,5,7-8,10,12H2,1-2H3. The first-order chi connectivity index (χ1) is 9.20. The van der Waals surface area contributed by atoms with Crippen LogP contribution in [-0.2, 0) is 6.54 Å². The quantitative estimate of drug-likeness (QED) is 0.889. The van der Waals surface area contributed by atoms with Crippen LogP contribution in [0.2, 0.25) is 0 Å². The van der Waals surface area contributed by atoms with Crippen molar-refractivity contribution in [3.63, 3.8) is 0 Å². The predicted molar refractivity (Wildman–Crippen MR) is 77.2 cm³/mol. The fourth-order valence-electron chi connectivity index (χ4n) is 2.86. The van der Waals surface area contributed by atoms with Crippen molar-refractivity contribution < 1.29 is 0 Å². The molecule has 1 aliphatic carbocycles. The van der Waals surface area contributed by atoms with Crippen molar-refractivity contribution in [2.75, 3.05) is 20.6 Å². The van der Waals surface area contributed by atoms with Crippen molar-refractivity contribution in [3.05, 3.63) is 36.3 Å². The average molecular weight is 258 g/mol. The Balaban J connectivity index is 1.60. The minimum Gasteiger partial charge on any atom is -0.309 e. The Morgan fingerprint density at radius 1 is 1.37 bits per heavy atom. The van der Waals surface area contributed by atoms with Crippen LogP contribution in [0.4, 0.5) is 0 Å². The van der Waals surface area contributed by atoms with Gasteiger partial charge in [0.05, 0.1) is 5.69 Å². The summed E-state index contributed by atoms with van der Waals surface area (Å²) >= 11 is 0. The Labute approximate surface area is 114 Å². The highest BCUT2D eigenvalue weighted by Gasteiger charge is 2.38. The molecule has 2 aromatic heterocycles. The third-order valence-electron chi connectivity index (χ3n) is 4.41. The lowest BCUT2D eigenvalue weighted by Crippen LogP contribution is -2.56. The summed E-state index contributed by atoms with van der Waals surface area (Å²) in [5.41, 5.74) is 2.50.